The van der Waals surface area contributed by atoms with Gasteiger partial charge in [-0.3, -0.25) is 4.79 Å². The van der Waals surface area contributed by atoms with Gasteiger partial charge in [0.15, 0.2) is 9.84 Å². The molecular formula is C15H16N2O4S. The van der Waals surface area contributed by atoms with Gasteiger partial charge in [0.05, 0.1) is 23.3 Å². The molecule has 0 atom stereocenters. The minimum absolute atomic E-state index is 0.0379. The lowest BCUT2D eigenvalue weighted by atomic mass is 10.2. The minimum Gasteiger partial charge on any atom is -0.481 e. The first-order valence-electron chi connectivity index (χ1n) is 6.60. The highest BCUT2D eigenvalue weighted by Crippen LogP contribution is 2.16. The molecule has 2 aromatic rings. The summed E-state index contributed by atoms with van der Waals surface area (Å²) in [6.45, 7) is 1.59. The number of hydrogen-bond donors (Lipinski definition) is 1. The fourth-order valence-corrected chi connectivity index (χ4v) is 2.63. The van der Waals surface area contributed by atoms with E-state index >= 15 is 0 Å². The molecule has 1 aromatic heterocycles. The van der Waals surface area contributed by atoms with Crippen LogP contribution in [0.5, 0.6) is 5.88 Å². The van der Waals surface area contributed by atoms with Gasteiger partial charge in [0.2, 0.25) is 5.88 Å². The summed E-state index contributed by atoms with van der Waals surface area (Å²) in [6.07, 6.45) is 1.41. The van der Waals surface area contributed by atoms with Gasteiger partial charge < -0.3 is 10.1 Å². The zero-order valence-electron chi connectivity index (χ0n) is 12.2. The maximum absolute atomic E-state index is 12.0. The molecule has 2 rings (SSSR count). The molecule has 0 radical (unpaired) electrons. The minimum atomic E-state index is -3.24. The Labute approximate surface area is 129 Å². The Morgan fingerprint density at radius 1 is 1.18 bits per heavy atom. The number of ether oxygens (including phenoxy) is 1. The van der Waals surface area contributed by atoms with Gasteiger partial charge in [-0.15, -0.1) is 0 Å². The number of carbonyl (C=O) groups excluding carboxylic acids is 1. The number of sulfone groups is 1. The number of amides is 1. The van der Waals surface area contributed by atoms with Gasteiger partial charge in [-0.1, -0.05) is 6.92 Å². The summed E-state index contributed by atoms with van der Waals surface area (Å²) in [4.78, 5) is 16.2. The molecular weight excluding hydrogens is 304 g/mol. The van der Waals surface area contributed by atoms with Crippen molar-refractivity contribution in [3.8, 4) is 5.88 Å². The van der Waals surface area contributed by atoms with Gasteiger partial charge in [-0.25, -0.2) is 13.4 Å². The third-order valence-electron chi connectivity index (χ3n) is 3.06. The third kappa shape index (κ3) is 3.62. The Bertz CT molecular complexity index is 753. The van der Waals surface area contributed by atoms with Crippen molar-refractivity contribution in [1.82, 2.24) is 4.98 Å². The average molecular weight is 320 g/mol. The van der Waals surface area contributed by atoms with Crippen LogP contribution in [0.3, 0.4) is 0 Å². The monoisotopic (exact) mass is 320 g/mol. The van der Waals surface area contributed by atoms with Gasteiger partial charge >= 0.3 is 0 Å². The Morgan fingerprint density at radius 3 is 2.36 bits per heavy atom. The number of pyridine rings is 1. The van der Waals surface area contributed by atoms with Crippen molar-refractivity contribution >= 4 is 21.4 Å². The lowest BCUT2D eigenvalue weighted by Crippen LogP contribution is -2.12. The average Bonchev–Trinajstić information content (AvgIpc) is 2.55. The molecule has 0 unspecified atom stereocenters. The topological polar surface area (TPSA) is 85.4 Å². The summed E-state index contributed by atoms with van der Waals surface area (Å²) >= 11 is 0. The van der Waals surface area contributed by atoms with E-state index < -0.39 is 9.84 Å². The van der Waals surface area contributed by atoms with E-state index in [1.165, 1.54) is 25.4 Å². The summed E-state index contributed by atoms with van der Waals surface area (Å²) in [5.41, 5.74) is 0.891. The predicted molar refractivity (Wildman–Crippen MR) is 82.9 cm³/mol. The molecule has 6 nitrogen and oxygen atoms in total. The van der Waals surface area contributed by atoms with E-state index in [1.54, 1.807) is 31.2 Å². The largest absolute Gasteiger partial charge is 0.481 e. The number of methoxy groups -OCH3 is 1. The number of anilines is 1. The summed E-state index contributed by atoms with van der Waals surface area (Å²) in [5.74, 6) is 0.128. The molecule has 1 aromatic carbocycles. The van der Waals surface area contributed by atoms with Crippen LogP contribution >= 0.6 is 0 Å². The van der Waals surface area contributed by atoms with E-state index in [0.29, 0.717) is 17.1 Å². The summed E-state index contributed by atoms with van der Waals surface area (Å²) in [7, 11) is -1.75. The van der Waals surface area contributed by atoms with Crippen LogP contribution in [0, 0.1) is 0 Å². The van der Waals surface area contributed by atoms with Crippen LogP contribution in [0.2, 0.25) is 0 Å². The molecule has 116 valence electrons. The molecule has 22 heavy (non-hydrogen) atoms. The zero-order valence-corrected chi connectivity index (χ0v) is 13.1. The molecule has 0 bridgehead atoms. The fraction of sp³-hybridized carbons (Fsp3) is 0.200. The van der Waals surface area contributed by atoms with Gasteiger partial charge in [0.25, 0.3) is 5.91 Å². The van der Waals surface area contributed by atoms with Crippen LogP contribution < -0.4 is 10.1 Å². The van der Waals surface area contributed by atoms with Crippen molar-refractivity contribution in [3.05, 3.63) is 48.2 Å². The third-order valence-corrected chi connectivity index (χ3v) is 4.81. The van der Waals surface area contributed by atoms with E-state index in [2.05, 4.69) is 10.3 Å². The Balaban J connectivity index is 2.11. The second kappa shape index (κ2) is 6.57. The van der Waals surface area contributed by atoms with Crippen molar-refractivity contribution in [3.63, 3.8) is 0 Å². The Kier molecular flexibility index (Phi) is 4.77. The standard InChI is InChI=1S/C15H16N2O4S/c1-3-22(19,20)13-7-5-12(6-8-13)17-15(18)11-4-9-14(21-2)16-10-11/h4-10H,3H2,1-2H3,(H,17,18). The van der Waals surface area contributed by atoms with Gasteiger partial charge in [0, 0.05) is 18.0 Å². The van der Waals surface area contributed by atoms with E-state index in [9.17, 15) is 13.2 Å². The number of nitrogens with zero attached hydrogens (tertiary/aromatic N) is 1. The van der Waals surface area contributed by atoms with Crippen LogP contribution in [-0.2, 0) is 9.84 Å². The molecule has 1 heterocycles. The Morgan fingerprint density at radius 2 is 1.86 bits per heavy atom. The van der Waals surface area contributed by atoms with Crippen LogP contribution in [-0.4, -0.2) is 32.2 Å². The SMILES string of the molecule is CCS(=O)(=O)c1ccc(NC(=O)c2ccc(OC)nc2)cc1. The molecule has 0 aliphatic heterocycles. The van der Waals surface area contributed by atoms with Gasteiger partial charge in [-0.05, 0) is 30.3 Å². The second-order valence-electron chi connectivity index (χ2n) is 4.47. The van der Waals surface area contributed by atoms with Gasteiger partial charge in [-0.2, -0.15) is 0 Å². The van der Waals surface area contributed by atoms with Crippen LogP contribution in [0.25, 0.3) is 0 Å². The molecule has 0 saturated heterocycles. The first-order chi connectivity index (χ1) is 10.5. The number of hydrogen-bond acceptors (Lipinski definition) is 5. The molecule has 0 fully saturated rings. The normalized spacial score (nSPS) is 11.0. The molecule has 0 aliphatic rings. The van der Waals surface area contributed by atoms with Gasteiger partial charge in [0.1, 0.15) is 0 Å². The van der Waals surface area contributed by atoms with E-state index in [4.69, 9.17) is 4.74 Å². The maximum Gasteiger partial charge on any atom is 0.257 e. The molecule has 0 spiro atoms. The smallest absolute Gasteiger partial charge is 0.257 e. The lowest BCUT2D eigenvalue weighted by molar-refractivity contribution is 0.102. The highest BCUT2D eigenvalue weighted by atomic mass is 32.2. The number of nitrogens with one attached hydrogen (secondary N) is 1. The van der Waals surface area contributed by atoms with Crippen molar-refractivity contribution < 1.29 is 17.9 Å². The molecule has 0 saturated carbocycles. The Hall–Kier alpha value is -2.41. The van der Waals surface area contributed by atoms with E-state index in [-0.39, 0.29) is 16.6 Å². The summed E-state index contributed by atoms with van der Waals surface area (Å²) in [6, 6.07) is 9.24. The highest BCUT2D eigenvalue weighted by molar-refractivity contribution is 7.91. The maximum atomic E-state index is 12.0. The summed E-state index contributed by atoms with van der Waals surface area (Å²) < 4.78 is 28.3. The number of benzene rings is 1. The van der Waals surface area contributed by atoms with Crippen LogP contribution in [0.4, 0.5) is 5.69 Å². The number of aromatic nitrogens is 1. The summed E-state index contributed by atoms with van der Waals surface area (Å²) in [5, 5.41) is 2.68. The van der Waals surface area contributed by atoms with E-state index in [1.807, 2.05) is 0 Å². The number of rotatable bonds is 5. The second-order valence-corrected chi connectivity index (χ2v) is 6.75. The number of carbonyl (C=O) groups is 1. The molecule has 1 amide bonds. The first-order valence-corrected chi connectivity index (χ1v) is 8.25. The van der Waals surface area contributed by atoms with Crippen LogP contribution in [0.15, 0.2) is 47.5 Å². The molecule has 0 aliphatic carbocycles. The fourth-order valence-electron chi connectivity index (χ4n) is 1.75. The predicted octanol–water partition coefficient (Wildman–Crippen LogP) is 2.14. The molecule has 1 N–H and O–H groups in total. The van der Waals surface area contributed by atoms with Crippen molar-refractivity contribution in [2.45, 2.75) is 11.8 Å². The van der Waals surface area contributed by atoms with Crippen molar-refractivity contribution in [2.75, 3.05) is 18.2 Å². The molecule has 7 heteroatoms. The highest BCUT2D eigenvalue weighted by Gasteiger charge is 2.12. The lowest BCUT2D eigenvalue weighted by Gasteiger charge is -2.07. The van der Waals surface area contributed by atoms with E-state index in [0.717, 1.165) is 0 Å². The first kappa shape index (κ1) is 16.0. The van der Waals surface area contributed by atoms with Crippen molar-refractivity contribution in [1.29, 1.82) is 0 Å². The van der Waals surface area contributed by atoms with Crippen molar-refractivity contribution in [2.24, 2.45) is 0 Å². The van der Waals surface area contributed by atoms with Crippen LogP contribution in [0.1, 0.15) is 17.3 Å². The quantitative estimate of drug-likeness (QED) is 0.912. The zero-order chi connectivity index (χ0) is 16.2.